The molecule has 6 rings (SSSR count). The largest absolute Gasteiger partial charge is 0.446 e. The first-order chi connectivity index (χ1) is 18.2. The summed E-state index contributed by atoms with van der Waals surface area (Å²) in [5.41, 5.74) is 0.0322. The summed E-state index contributed by atoms with van der Waals surface area (Å²) in [7, 11) is 1.99. The smallest absolute Gasteiger partial charge is 0.410 e. The Balaban J connectivity index is 1.13. The van der Waals surface area contributed by atoms with Gasteiger partial charge in [-0.05, 0) is 118 Å². The molecule has 0 aromatic carbocycles. The van der Waals surface area contributed by atoms with E-state index in [4.69, 9.17) is 9.15 Å². The molecule has 1 aromatic heterocycles. The molecule has 38 heavy (non-hydrogen) atoms. The molecule has 5 aliphatic rings. The topological polar surface area (TPSA) is 92.0 Å². The van der Waals surface area contributed by atoms with Gasteiger partial charge < -0.3 is 24.5 Å². The zero-order valence-corrected chi connectivity index (χ0v) is 23.4. The highest BCUT2D eigenvalue weighted by Crippen LogP contribution is 2.70. The van der Waals surface area contributed by atoms with Crippen LogP contribution in [0.2, 0.25) is 0 Å². The zero-order valence-electron chi connectivity index (χ0n) is 23.4. The second-order valence-electron chi connectivity index (χ2n) is 13.7. The van der Waals surface area contributed by atoms with Crippen LogP contribution in [-0.4, -0.2) is 54.0 Å². The lowest BCUT2D eigenvalue weighted by Gasteiger charge is -2.63. The van der Waals surface area contributed by atoms with Gasteiger partial charge in [-0.25, -0.2) is 9.59 Å². The first-order valence-electron chi connectivity index (χ1n) is 15.1. The molecule has 210 valence electrons. The number of ether oxygens (including phenoxy) is 1. The molecule has 7 nitrogen and oxygen atoms in total. The van der Waals surface area contributed by atoms with Crippen LogP contribution < -0.4 is 10.9 Å². The van der Waals surface area contributed by atoms with Crippen LogP contribution in [0.5, 0.6) is 0 Å². The van der Waals surface area contributed by atoms with Crippen molar-refractivity contribution in [2.75, 3.05) is 20.1 Å². The molecule has 4 aliphatic carbocycles. The van der Waals surface area contributed by atoms with Gasteiger partial charge in [0.05, 0.1) is 11.9 Å². The Hall–Kier alpha value is -1.86. The van der Waals surface area contributed by atoms with E-state index in [0.29, 0.717) is 23.8 Å². The summed E-state index contributed by atoms with van der Waals surface area (Å²) < 4.78 is 11.3. The number of rotatable bonds is 3. The molecule has 8 unspecified atom stereocenters. The minimum atomic E-state index is -0.687. The van der Waals surface area contributed by atoms with Crippen molar-refractivity contribution in [3.8, 4) is 0 Å². The highest BCUT2D eigenvalue weighted by atomic mass is 16.6. The molecule has 8 atom stereocenters. The van der Waals surface area contributed by atoms with Gasteiger partial charge in [0.15, 0.2) is 0 Å². The molecule has 0 spiro atoms. The zero-order chi connectivity index (χ0) is 26.7. The fraction of sp³-hybridized carbons (Fsp3) is 0.806. The first-order valence-corrected chi connectivity index (χ1v) is 15.1. The maximum absolute atomic E-state index is 12.9. The van der Waals surface area contributed by atoms with Crippen LogP contribution in [0.1, 0.15) is 96.0 Å². The van der Waals surface area contributed by atoms with Crippen LogP contribution in [-0.2, 0) is 4.74 Å². The maximum Gasteiger partial charge on any atom is 0.410 e. The number of likely N-dealkylation sites (tertiary alicyclic amines) is 1. The average molecular weight is 527 g/mol. The van der Waals surface area contributed by atoms with Crippen LogP contribution in [0.3, 0.4) is 0 Å². The third-order valence-electron chi connectivity index (χ3n) is 12.4. The van der Waals surface area contributed by atoms with Crippen molar-refractivity contribution in [3.05, 3.63) is 34.4 Å². The molecule has 2 heterocycles. The molecule has 0 radical (unpaired) electrons. The molecule has 2 N–H and O–H groups in total. The molecular formula is C31H46N2O5. The van der Waals surface area contributed by atoms with Gasteiger partial charge in [-0.1, -0.05) is 13.8 Å². The Morgan fingerprint density at radius 1 is 1.03 bits per heavy atom. The summed E-state index contributed by atoms with van der Waals surface area (Å²) in [6, 6.07) is 3.92. The SMILES string of the molecule is CNC1CCN(C(=O)OC2CCC3(C)C(CCC4C3CCC3(C)C(c5ccc(=O)oc5)CCC43O)C2)CC1. The standard InChI is InChI=1S/C31H46N2O5/c1-29-13-8-23(38-28(35)33-16-11-22(32-3)12-17-33)18-21(29)5-6-26-25(29)9-14-30(2)24(10-15-31(26,30)36)20-4-7-27(34)37-19-20/h4,7,19,21-26,32,36H,5-6,8-18H2,1-3H3. The van der Waals surface area contributed by atoms with Crippen LogP contribution in [0.4, 0.5) is 4.79 Å². The van der Waals surface area contributed by atoms with Gasteiger partial charge in [0, 0.05) is 30.6 Å². The highest BCUT2D eigenvalue weighted by molar-refractivity contribution is 5.68. The van der Waals surface area contributed by atoms with Gasteiger partial charge in [0.1, 0.15) is 6.10 Å². The van der Waals surface area contributed by atoms with E-state index < -0.39 is 5.60 Å². The predicted molar refractivity (Wildman–Crippen MR) is 145 cm³/mol. The van der Waals surface area contributed by atoms with Crippen molar-refractivity contribution in [3.63, 3.8) is 0 Å². The Morgan fingerprint density at radius 3 is 2.53 bits per heavy atom. The number of aliphatic hydroxyl groups is 1. The van der Waals surface area contributed by atoms with Crippen molar-refractivity contribution in [1.29, 1.82) is 0 Å². The van der Waals surface area contributed by atoms with Gasteiger partial charge in [-0.2, -0.15) is 0 Å². The van der Waals surface area contributed by atoms with Crippen molar-refractivity contribution < 1.29 is 19.1 Å². The first kappa shape index (κ1) is 26.4. The fourth-order valence-electron chi connectivity index (χ4n) is 9.96. The van der Waals surface area contributed by atoms with E-state index in [1.807, 2.05) is 18.0 Å². The third kappa shape index (κ3) is 4.06. The van der Waals surface area contributed by atoms with E-state index in [9.17, 15) is 14.7 Å². The number of carbonyl (C=O) groups excluding carboxylic acids is 1. The summed E-state index contributed by atoms with van der Waals surface area (Å²) in [6.45, 7) is 6.31. The summed E-state index contributed by atoms with van der Waals surface area (Å²) >= 11 is 0. The van der Waals surface area contributed by atoms with E-state index in [-0.39, 0.29) is 34.6 Å². The molecular weight excluding hydrogens is 480 g/mol. The molecule has 5 fully saturated rings. The second-order valence-corrected chi connectivity index (χ2v) is 13.7. The van der Waals surface area contributed by atoms with Crippen LogP contribution in [0.25, 0.3) is 0 Å². The van der Waals surface area contributed by atoms with Crippen LogP contribution in [0.15, 0.2) is 27.6 Å². The Morgan fingerprint density at radius 2 is 1.82 bits per heavy atom. The monoisotopic (exact) mass is 526 g/mol. The number of fused-ring (bicyclic) bond motifs is 5. The average Bonchev–Trinajstić information content (AvgIpc) is 3.20. The Kier molecular flexibility index (Phi) is 6.70. The van der Waals surface area contributed by atoms with Gasteiger partial charge in [0.2, 0.25) is 0 Å². The Bertz CT molecular complexity index is 1080. The van der Waals surface area contributed by atoms with E-state index in [2.05, 4.69) is 19.2 Å². The summed E-state index contributed by atoms with van der Waals surface area (Å²) in [5, 5.41) is 15.8. The van der Waals surface area contributed by atoms with E-state index >= 15 is 0 Å². The van der Waals surface area contributed by atoms with Crippen LogP contribution >= 0.6 is 0 Å². The molecule has 1 aliphatic heterocycles. The number of hydrogen-bond donors (Lipinski definition) is 2. The molecule has 4 saturated carbocycles. The quantitative estimate of drug-likeness (QED) is 0.571. The third-order valence-corrected chi connectivity index (χ3v) is 12.4. The lowest BCUT2D eigenvalue weighted by atomic mass is 9.43. The fourth-order valence-corrected chi connectivity index (χ4v) is 9.96. The highest BCUT2D eigenvalue weighted by Gasteiger charge is 2.67. The normalized spacial score (nSPS) is 43.2. The van der Waals surface area contributed by atoms with Crippen molar-refractivity contribution >= 4 is 6.09 Å². The van der Waals surface area contributed by atoms with Crippen molar-refractivity contribution in [2.24, 2.45) is 28.6 Å². The van der Waals surface area contributed by atoms with E-state index in [1.165, 1.54) is 6.07 Å². The second kappa shape index (κ2) is 9.65. The Labute approximate surface area is 226 Å². The number of carbonyl (C=O) groups is 1. The number of piperidine rings is 1. The predicted octanol–water partition coefficient (Wildman–Crippen LogP) is 5.07. The molecule has 1 saturated heterocycles. The van der Waals surface area contributed by atoms with E-state index in [1.54, 1.807) is 6.26 Å². The van der Waals surface area contributed by atoms with Gasteiger partial charge in [-0.15, -0.1) is 0 Å². The van der Waals surface area contributed by atoms with Gasteiger partial charge in [0.25, 0.3) is 0 Å². The molecule has 1 amide bonds. The lowest BCUT2D eigenvalue weighted by Crippen LogP contribution is -2.62. The molecule has 1 aromatic rings. The van der Waals surface area contributed by atoms with Gasteiger partial charge >= 0.3 is 11.7 Å². The minimum Gasteiger partial charge on any atom is -0.446 e. The lowest BCUT2D eigenvalue weighted by molar-refractivity contribution is -0.205. The summed E-state index contributed by atoms with van der Waals surface area (Å²) in [5.74, 6) is 1.57. The summed E-state index contributed by atoms with van der Waals surface area (Å²) in [6.07, 6.45) is 12.5. The molecule has 7 heteroatoms. The van der Waals surface area contributed by atoms with Crippen molar-refractivity contribution in [2.45, 2.75) is 108 Å². The number of nitrogens with one attached hydrogen (secondary N) is 1. The van der Waals surface area contributed by atoms with E-state index in [0.717, 1.165) is 89.3 Å². The number of amides is 1. The summed E-state index contributed by atoms with van der Waals surface area (Å²) in [4.78, 5) is 26.4. The van der Waals surface area contributed by atoms with Crippen molar-refractivity contribution in [1.82, 2.24) is 10.2 Å². The number of hydrogen-bond acceptors (Lipinski definition) is 6. The number of nitrogens with zero attached hydrogens (tertiary/aromatic N) is 1. The van der Waals surface area contributed by atoms with Gasteiger partial charge in [-0.3, -0.25) is 0 Å². The minimum absolute atomic E-state index is 0.0136. The maximum atomic E-state index is 12.9. The van der Waals surface area contributed by atoms with Crippen LogP contribution in [0, 0.1) is 28.6 Å². The molecule has 0 bridgehead atoms.